The first-order valence-electron chi connectivity index (χ1n) is 9.23. The van der Waals surface area contributed by atoms with Crippen molar-refractivity contribution in [2.75, 3.05) is 0 Å². The number of aromatic nitrogens is 3. The predicted octanol–water partition coefficient (Wildman–Crippen LogP) is 0.983. The lowest BCUT2D eigenvalue weighted by Crippen LogP contribution is -2.46. The highest BCUT2D eigenvalue weighted by Gasteiger charge is 2.22. The zero-order valence-corrected chi connectivity index (χ0v) is 15.7. The fraction of sp³-hybridized carbons (Fsp3) is 0.143. The third-order valence-corrected chi connectivity index (χ3v) is 4.92. The van der Waals surface area contributed by atoms with E-state index >= 15 is 0 Å². The minimum absolute atomic E-state index is 0.0497. The van der Waals surface area contributed by atoms with Gasteiger partial charge in [0, 0.05) is 23.5 Å². The zero-order valence-electron chi connectivity index (χ0n) is 15.7. The lowest BCUT2D eigenvalue weighted by atomic mass is 10.0. The van der Waals surface area contributed by atoms with Crippen LogP contribution in [-0.4, -0.2) is 37.6 Å². The van der Waals surface area contributed by atoms with Crippen LogP contribution < -0.4 is 16.6 Å². The minimum atomic E-state index is -1.22. The number of fused-ring (bicyclic) bond motifs is 2. The summed E-state index contributed by atoms with van der Waals surface area (Å²) in [5, 5.41) is 13.1. The van der Waals surface area contributed by atoms with E-state index in [0.29, 0.717) is 5.52 Å². The summed E-state index contributed by atoms with van der Waals surface area (Å²) in [6, 6.07) is 12.7. The second-order valence-corrected chi connectivity index (χ2v) is 6.89. The van der Waals surface area contributed by atoms with Gasteiger partial charge in [-0.2, -0.15) is 0 Å². The van der Waals surface area contributed by atoms with Crippen LogP contribution in [-0.2, 0) is 22.6 Å². The van der Waals surface area contributed by atoms with E-state index < -0.39 is 35.7 Å². The Hall–Kier alpha value is -4.14. The van der Waals surface area contributed by atoms with Gasteiger partial charge < -0.3 is 20.4 Å². The molecule has 4 rings (SSSR count). The summed E-state index contributed by atoms with van der Waals surface area (Å²) in [5.74, 6) is -1.96. The molecular formula is C21H18N4O5. The maximum absolute atomic E-state index is 12.5. The van der Waals surface area contributed by atoms with Crippen LogP contribution in [0.2, 0.25) is 0 Å². The number of nitrogens with zero attached hydrogens (tertiary/aromatic N) is 1. The summed E-state index contributed by atoms with van der Waals surface area (Å²) >= 11 is 0. The number of nitrogens with one attached hydrogen (secondary N) is 3. The van der Waals surface area contributed by atoms with Crippen molar-refractivity contribution in [2.24, 2.45) is 0 Å². The van der Waals surface area contributed by atoms with Crippen LogP contribution in [0.25, 0.3) is 21.8 Å². The van der Waals surface area contributed by atoms with Gasteiger partial charge in [-0.25, -0.2) is 9.59 Å². The molecule has 0 saturated heterocycles. The smallest absolute Gasteiger partial charge is 0.329 e. The fourth-order valence-corrected chi connectivity index (χ4v) is 3.45. The average molecular weight is 406 g/mol. The van der Waals surface area contributed by atoms with Crippen LogP contribution in [0.1, 0.15) is 5.56 Å². The van der Waals surface area contributed by atoms with Gasteiger partial charge in [0.15, 0.2) is 0 Å². The number of rotatable bonds is 6. The standard InChI is InChI=1S/C21H18N4O5/c26-18(11-25-19(27)14-6-2-4-8-16(14)24-21(25)30)23-17(20(28)29)9-12-10-22-15-7-3-1-5-13(12)15/h1-8,10,17,22H,9,11H2,(H,23,26)(H,24,30)(H,28,29)/t17-/m0/s1. The number of carbonyl (C=O) groups is 2. The van der Waals surface area contributed by atoms with Gasteiger partial charge in [0.25, 0.3) is 5.56 Å². The van der Waals surface area contributed by atoms with Crippen molar-refractivity contribution in [3.8, 4) is 0 Å². The number of hydrogen-bond donors (Lipinski definition) is 4. The van der Waals surface area contributed by atoms with Crippen LogP contribution in [0.4, 0.5) is 0 Å². The van der Waals surface area contributed by atoms with E-state index in [2.05, 4.69) is 15.3 Å². The molecule has 1 amide bonds. The molecule has 4 aromatic rings. The molecule has 0 radical (unpaired) electrons. The first kappa shape index (κ1) is 19.2. The van der Waals surface area contributed by atoms with Crippen molar-refractivity contribution in [3.63, 3.8) is 0 Å². The van der Waals surface area contributed by atoms with Gasteiger partial charge in [-0.15, -0.1) is 0 Å². The Kier molecular flexibility index (Phi) is 4.93. The first-order valence-corrected chi connectivity index (χ1v) is 9.23. The number of para-hydroxylation sites is 2. The molecule has 0 aliphatic heterocycles. The molecule has 0 aliphatic carbocycles. The predicted molar refractivity (Wildman–Crippen MR) is 110 cm³/mol. The van der Waals surface area contributed by atoms with E-state index in [1.165, 1.54) is 0 Å². The lowest BCUT2D eigenvalue weighted by molar-refractivity contribution is -0.141. The molecule has 2 aromatic heterocycles. The van der Waals surface area contributed by atoms with Gasteiger partial charge in [-0.05, 0) is 23.8 Å². The summed E-state index contributed by atoms with van der Waals surface area (Å²) in [6.45, 7) is -0.587. The zero-order chi connectivity index (χ0) is 21.3. The quantitative estimate of drug-likeness (QED) is 0.378. The number of H-pyrrole nitrogens is 2. The van der Waals surface area contributed by atoms with E-state index in [0.717, 1.165) is 21.0 Å². The summed E-state index contributed by atoms with van der Waals surface area (Å²) in [7, 11) is 0. The molecule has 30 heavy (non-hydrogen) atoms. The second kappa shape index (κ2) is 7.70. The number of aliphatic carboxylic acids is 1. The van der Waals surface area contributed by atoms with Gasteiger partial charge >= 0.3 is 11.7 Å². The van der Waals surface area contributed by atoms with Crippen LogP contribution in [0.3, 0.4) is 0 Å². The monoisotopic (exact) mass is 406 g/mol. The van der Waals surface area contributed by atoms with Crippen LogP contribution in [0, 0.1) is 0 Å². The highest BCUT2D eigenvalue weighted by atomic mass is 16.4. The Balaban J connectivity index is 1.56. The molecular weight excluding hydrogens is 388 g/mol. The minimum Gasteiger partial charge on any atom is -0.480 e. The maximum Gasteiger partial charge on any atom is 0.329 e. The number of amides is 1. The Morgan fingerprint density at radius 1 is 1.00 bits per heavy atom. The van der Waals surface area contributed by atoms with Gasteiger partial charge in [0.05, 0.1) is 10.9 Å². The molecule has 0 fully saturated rings. The molecule has 0 aliphatic rings. The molecule has 9 heteroatoms. The van der Waals surface area contributed by atoms with Crippen molar-refractivity contribution >= 4 is 33.7 Å². The number of benzene rings is 2. The molecule has 152 valence electrons. The maximum atomic E-state index is 12.5. The van der Waals surface area contributed by atoms with Crippen LogP contribution >= 0.6 is 0 Å². The highest BCUT2D eigenvalue weighted by molar-refractivity contribution is 5.87. The number of hydrogen-bond acceptors (Lipinski definition) is 4. The highest BCUT2D eigenvalue weighted by Crippen LogP contribution is 2.19. The third-order valence-electron chi connectivity index (χ3n) is 4.92. The Labute approximate surface area is 169 Å². The van der Waals surface area contributed by atoms with Crippen molar-refractivity contribution in [2.45, 2.75) is 19.0 Å². The van der Waals surface area contributed by atoms with Crippen LogP contribution in [0.5, 0.6) is 0 Å². The summed E-state index contributed by atoms with van der Waals surface area (Å²) in [6.07, 6.45) is 1.75. The fourth-order valence-electron chi connectivity index (χ4n) is 3.45. The van der Waals surface area contributed by atoms with Crippen molar-refractivity contribution in [3.05, 3.63) is 81.1 Å². The molecule has 0 unspecified atom stereocenters. The average Bonchev–Trinajstić information content (AvgIpc) is 3.13. The van der Waals surface area contributed by atoms with Gasteiger partial charge in [-0.1, -0.05) is 30.3 Å². The normalized spacial score (nSPS) is 12.1. The molecule has 0 saturated carbocycles. The summed E-state index contributed by atoms with van der Waals surface area (Å²) in [5.41, 5.74) is 0.605. The van der Waals surface area contributed by atoms with E-state index in [1.54, 1.807) is 30.5 Å². The molecule has 2 aromatic carbocycles. The van der Waals surface area contributed by atoms with Crippen molar-refractivity contribution in [1.29, 1.82) is 0 Å². The number of carboxylic acids is 1. The Morgan fingerprint density at radius 3 is 2.40 bits per heavy atom. The summed E-state index contributed by atoms with van der Waals surface area (Å²) < 4.78 is 0.752. The lowest BCUT2D eigenvalue weighted by Gasteiger charge is -2.15. The molecule has 9 nitrogen and oxygen atoms in total. The Morgan fingerprint density at radius 2 is 1.67 bits per heavy atom. The van der Waals surface area contributed by atoms with Crippen molar-refractivity contribution < 1.29 is 14.7 Å². The molecule has 0 bridgehead atoms. The van der Waals surface area contributed by atoms with Gasteiger partial charge in [0.2, 0.25) is 5.91 Å². The van der Waals surface area contributed by atoms with E-state index in [-0.39, 0.29) is 11.8 Å². The van der Waals surface area contributed by atoms with Gasteiger partial charge in [0.1, 0.15) is 12.6 Å². The topological polar surface area (TPSA) is 137 Å². The molecule has 0 spiro atoms. The first-order chi connectivity index (χ1) is 14.4. The SMILES string of the molecule is O=C(Cn1c(=O)[nH]c2ccccc2c1=O)N[C@@H](Cc1c[nH]c2ccccc12)C(=O)O. The largest absolute Gasteiger partial charge is 0.480 e. The molecule has 2 heterocycles. The molecule has 1 atom stereocenters. The van der Waals surface area contributed by atoms with E-state index in [4.69, 9.17) is 0 Å². The molecule has 4 N–H and O–H groups in total. The summed E-state index contributed by atoms with van der Waals surface area (Å²) in [4.78, 5) is 54.5. The third kappa shape index (κ3) is 3.60. The second-order valence-electron chi connectivity index (χ2n) is 6.89. The van der Waals surface area contributed by atoms with Crippen LogP contribution in [0.15, 0.2) is 64.3 Å². The Bertz CT molecular complexity index is 1380. The van der Waals surface area contributed by atoms with E-state index in [1.807, 2.05) is 24.3 Å². The van der Waals surface area contributed by atoms with Gasteiger partial charge in [-0.3, -0.25) is 14.2 Å². The van der Waals surface area contributed by atoms with Crippen molar-refractivity contribution in [1.82, 2.24) is 19.9 Å². The number of aromatic amines is 2. The number of carbonyl (C=O) groups excluding carboxylic acids is 1. The van der Waals surface area contributed by atoms with E-state index in [9.17, 15) is 24.3 Å². The number of carboxylic acid groups (broad SMARTS) is 1.